The Morgan fingerprint density at radius 3 is 2.60 bits per heavy atom. The number of carboxylic acid groups (broad SMARTS) is 1. The largest absolute Gasteiger partial charge is 0.481 e. The highest BCUT2D eigenvalue weighted by atomic mass is 32.2. The maximum atomic E-state index is 11.2. The lowest BCUT2D eigenvalue weighted by molar-refractivity contribution is -0.140. The summed E-state index contributed by atoms with van der Waals surface area (Å²) in [6.45, 7) is 2.05. The molecule has 80 valence electrons. The number of aryl methyl sites for hydroxylation is 1. The average Bonchev–Trinajstić information content (AvgIpc) is 2.99. The Morgan fingerprint density at radius 1 is 1.47 bits per heavy atom. The lowest BCUT2D eigenvalue weighted by Crippen LogP contribution is -2.19. The predicted molar refractivity (Wildman–Crippen MR) is 61.5 cm³/mol. The Bertz CT molecular complexity index is 408. The summed E-state index contributed by atoms with van der Waals surface area (Å²) < 4.78 is 0. The Hall–Kier alpha value is -0.960. The summed E-state index contributed by atoms with van der Waals surface area (Å²) in [7, 11) is 0. The van der Waals surface area contributed by atoms with Crippen LogP contribution < -0.4 is 0 Å². The first-order valence-corrected chi connectivity index (χ1v) is 6.21. The number of aliphatic carboxylic acids is 1. The molecule has 0 atom stereocenters. The molecule has 1 saturated carbocycles. The van der Waals surface area contributed by atoms with Gasteiger partial charge in [0.25, 0.3) is 0 Å². The number of hydrogen-bond acceptors (Lipinski definition) is 2. The summed E-state index contributed by atoms with van der Waals surface area (Å²) in [6.07, 6.45) is 3.57. The first-order chi connectivity index (χ1) is 7.10. The molecule has 0 aliphatic heterocycles. The molecule has 1 fully saturated rings. The van der Waals surface area contributed by atoms with Crippen LogP contribution in [0.15, 0.2) is 23.1 Å². The topological polar surface area (TPSA) is 37.3 Å². The van der Waals surface area contributed by atoms with Crippen LogP contribution in [0.25, 0.3) is 0 Å². The fraction of sp³-hybridized carbons (Fsp3) is 0.417. The molecule has 1 aromatic carbocycles. The van der Waals surface area contributed by atoms with Crippen LogP contribution in [0.4, 0.5) is 0 Å². The van der Waals surface area contributed by atoms with Crippen molar-refractivity contribution < 1.29 is 9.90 Å². The van der Waals surface area contributed by atoms with Crippen LogP contribution in [0.2, 0.25) is 0 Å². The Balaban J connectivity index is 2.42. The molecule has 15 heavy (non-hydrogen) atoms. The van der Waals surface area contributed by atoms with Gasteiger partial charge in [-0.05, 0) is 43.2 Å². The van der Waals surface area contributed by atoms with Crippen molar-refractivity contribution in [3.63, 3.8) is 0 Å². The molecule has 1 N–H and O–H groups in total. The van der Waals surface area contributed by atoms with E-state index in [1.54, 1.807) is 11.8 Å². The lowest BCUT2D eigenvalue weighted by Gasteiger charge is -2.12. The molecule has 0 heterocycles. The van der Waals surface area contributed by atoms with Crippen LogP contribution in [0.3, 0.4) is 0 Å². The summed E-state index contributed by atoms with van der Waals surface area (Å²) in [5.41, 5.74) is 1.61. The maximum absolute atomic E-state index is 11.2. The van der Waals surface area contributed by atoms with Crippen LogP contribution >= 0.6 is 11.8 Å². The van der Waals surface area contributed by atoms with Gasteiger partial charge in [-0.3, -0.25) is 4.79 Å². The van der Waals surface area contributed by atoms with Crippen LogP contribution in [0.5, 0.6) is 0 Å². The number of rotatable bonds is 3. The van der Waals surface area contributed by atoms with E-state index in [0.717, 1.165) is 18.4 Å². The van der Waals surface area contributed by atoms with Gasteiger partial charge < -0.3 is 5.11 Å². The Labute approximate surface area is 93.7 Å². The minimum absolute atomic E-state index is 0.571. The van der Waals surface area contributed by atoms with E-state index in [1.165, 1.54) is 10.5 Å². The van der Waals surface area contributed by atoms with Crippen molar-refractivity contribution in [2.75, 3.05) is 6.26 Å². The summed E-state index contributed by atoms with van der Waals surface area (Å²) in [4.78, 5) is 12.3. The lowest BCUT2D eigenvalue weighted by atomic mass is 9.95. The van der Waals surface area contributed by atoms with Gasteiger partial charge in [0.2, 0.25) is 0 Å². The number of carboxylic acids is 1. The van der Waals surface area contributed by atoms with Crippen molar-refractivity contribution >= 4 is 17.7 Å². The first-order valence-electron chi connectivity index (χ1n) is 4.99. The fourth-order valence-electron chi connectivity index (χ4n) is 1.87. The van der Waals surface area contributed by atoms with Crippen molar-refractivity contribution in [3.8, 4) is 0 Å². The van der Waals surface area contributed by atoms with Crippen molar-refractivity contribution in [2.24, 2.45) is 0 Å². The molecule has 0 amide bonds. The number of carbonyl (C=O) groups is 1. The molecule has 2 nitrogen and oxygen atoms in total. The molecule has 3 heteroatoms. The second-order valence-corrected chi connectivity index (χ2v) is 4.92. The fourth-order valence-corrected chi connectivity index (χ4v) is 2.50. The Kier molecular flexibility index (Phi) is 2.51. The molecule has 0 saturated heterocycles. The van der Waals surface area contributed by atoms with E-state index >= 15 is 0 Å². The second-order valence-electron chi connectivity index (χ2n) is 4.07. The normalized spacial score (nSPS) is 17.5. The molecule has 0 unspecified atom stereocenters. The van der Waals surface area contributed by atoms with Crippen molar-refractivity contribution in [2.45, 2.75) is 30.1 Å². The SMILES string of the molecule is CSc1cc(C2(C(=O)O)CC2)ccc1C. The highest BCUT2D eigenvalue weighted by Gasteiger charge is 2.51. The molecule has 0 bridgehead atoms. The van der Waals surface area contributed by atoms with Gasteiger partial charge in [-0.2, -0.15) is 0 Å². The highest BCUT2D eigenvalue weighted by molar-refractivity contribution is 7.98. The van der Waals surface area contributed by atoms with E-state index < -0.39 is 11.4 Å². The van der Waals surface area contributed by atoms with Gasteiger partial charge in [0, 0.05) is 4.90 Å². The van der Waals surface area contributed by atoms with E-state index in [-0.39, 0.29) is 0 Å². The van der Waals surface area contributed by atoms with Crippen LogP contribution in [0, 0.1) is 6.92 Å². The van der Waals surface area contributed by atoms with Gasteiger partial charge in [-0.15, -0.1) is 11.8 Å². The number of benzene rings is 1. The van der Waals surface area contributed by atoms with E-state index in [9.17, 15) is 9.90 Å². The average molecular weight is 222 g/mol. The molecule has 1 aliphatic rings. The highest BCUT2D eigenvalue weighted by Crippen LogP contribution is 2.49. The van der Waals surface area contributed by atoms with Gasteiger partial charge in [-0.1, -0.05) is 12.1 Å². The molecular formula is C12H14O2S. The molecule has 1 aliphatic carbocycles. The zero-order valence-electron chi connectivity index (χ0n) is 8.91. The molecule has 2 rings (SSSR count). The van der Waals surface area contributed by atoms with Crippen molar-refractivity contribution in [1.29, 1.82) is 0 Å². The molecule has 1 aromatic rings. The molecule has 0 spiro atoms. The van der Waals surface area contributed by atoms with Gasteiger partial charge in [0.15, 0.2) is 0 Å². The third-order valence-corrected chi connectivity index (χ3v) is 4.00. The smallest absolute Gasteiger partial charge is 0.314 e. The van der Waals surface area contributed by atoms with Crippen molar-refractivity contribution in [1.82, 2.24) is 0 Å². The minimum Gasteiger partial charge on any atom is -0.481 e. The van der Waals surface area contributed by atoms with Gasteiger partial charge >= 0.3 is 5.97 Å². The predicted octanol–water partition coefficient (Wildman–Crippen LogP) is 2.83. The maximum Gasteiger partial charge on any atom is 0.314 e. The van der Waals surface area contributed by atoms with Gasteiger partial charge in [0.1, 0.15) is 0 Å². The summed E-state index contributed by atoms with van der Waals surface area (Å²) in [5, 5.41) is 9.18. The third kappa shape index (κ3) is 1.65. The summed E-state index contributed by atoms with van der Waals surface area (Å²) in [5.74, 6) is -0.682. The van der Waals surface area contributed by atoms with E-state index in [2.05, 4.69) is 6.92 Å². The number of hydrogen-bond donors (Lipinski definition) is 1. The zero-order chi connectivity index (χ0) is 11.1. The first kappa shape index (κ1) is 10.6. The summed E-state index contributed by atoms with van der Waals surface area (Å²) in [6, 6.07) is 6.00. The minimum atomic E-state index is -0.682. The second kappa shape index (κ2) is 3.56. The van der Waals surface area contributed by atoms with E-state index in [1.807, 2.05) is 24.5 Å². The van der Waals surface area contributed by atoms with Gasteiger partial charge in [0.05, 0.1) is 5.41 Å². The monoisotopic (exact) mass is 222 g/mol. The van der Waals surface area contributed by atoms with E-state index in [4.69, 9.17) is 0 Å². The van der Waals surface area contributed by atoms with E-state index in [0.29, 0.717) is 0 Å². The summed E-state index contributed by atoms with van der Waals surface area (Å²) >= 11 is 1.67. The van der Waals surface area contributed by atoms with Crippen molar-refractivity contribution in [3.05, 3.63) is 29.3 Å². The zero-order valence-corrected chi connectivity index (χ0v) is 9.73. The van der Waals surface area contributed by atoms with Crippen LogP contribution in [0.1, 0.15) is 24.0 Å². The third-order valence-electron chi connectivity index (χ3n) is 3.12. The molecule has 0 aromatic heterocycles. The standard InChI is InChI=1S/C12H14O2S/c1-8-3-4-9(7-10(8)15-2)12(5-6-12)11(13)14/h3-4,7H,5-6H2,1-2H3,(H,13,14). The Morgan fingerprint density at radius 2 is 2.13 bits per heavy atom. The van der Waals surface area contributed by atoms with Crippen LogP contribution in [-0.2, 0) is 10.2 Å². The molecule has 0 radical (unpaired) electrons. The quantitative estimate of drug-likeness (QED) is 0.799. The van der Waals surface area contributed by atoms with Crippen LogP contribution in [-0.4, -0.2) is 17.3 Å². The van der Waals surface area contributed by atoms with Gasteiger partial charge in [-0.25, -0.2) is 0 Å². The number of thioether (sulfide) groups is 1. The molecular weight excluding hydrogens is 208 g/mol.